The van der Waals surface area contributed by atoms with Gasteiger partial charge in [0.2, 0.25) is 5.71 Å². The van der Waals surface area contributed by atoms with Gasteiger partial charge in [-0.25, -0.2) is 4.98 Å². The fraction of sp³-hybridized carbons (Fsp3) is 0.293. The van der Waals surface area contributed by atoms with Crippen LogP contribution in [0, 0.1) is 44.7 Å². The van der Waals surface area contributed by atoms with Gasteiger partial charge in [-0.15, -0.1) is 18.2 Å². The monoisotopic (exact) mass is 1100 g/mol. The summed E-state index contributed by atoms with van der Waals surface area (Å²) in [6, 6.07) is 47.2. The molecular weight excluding hydrogens is 1030 g/mol. The normalized spacial score (nSPS) is 13.3. The third-order valence-electron chi connectivity index (χ3n) is 12.8. The van der Waals surface area contributed by atoms with E-state index in [4.69, 9.17) is 19.4 Å². The molecule has 1 fully saturated rings. The minimum absolute atomic E-state index is 0. The van der Waals surface area contributed by atoms with E-state index in [0.29, 0.717) is 11.6 Å². The number of hydrogen-bond donors (Lipinski definition) is 0. The molecule has 0 atom stereocenters. The Bertz CT molecular complexity index is 3060. The fourth-order valence-corrected chi connectivity index (χ4v) is 13.1. The number of hydrogen-bond acceptors (Lipinski definition) is 4. The SMILES string of the molecule is Cc1ccc2c(c1)nc(-c1[c-]ccc3c1oc1nc(CC(C)C)ccc13)n2-c1c(C)cc(-c2ccccc2)cc1C.[CH3][Ge]([CH3])([CH3])[c]1cnc(-c2[c-]cccc2)cc1CC1CCCCC1.[Ir]. The first kappa shape index (κ1) is 46.4. The molecule has 0 amide bonds. The van der Waals surface area contributed by atoms with Crippen LogP contribution in [0.4, 0.5) is 0 Å². The maximum absolute atomic E-state index is 6.51. The number of nitrogens with zero attached hydrogens (tertiary/aromatic N) is 4. The Morgan fingerprint density at radius 3 is 2.22 bits per heavy atom. The number of benzene rings is 5. The summed E-state index contributed by atoms with van der Waals surface area (Å²) in [5, 5.41) is 2.04. The standard InChI is InChI=1S/C37H32N3O.C21H28GeN.Ir/c1-22(2)18-28-15-16-30-29-12-9-13-31(35(29)41-37(30)38-28)36-39-32-19-23(3)14-17-33(32)40(36)34-24(4)20-27(21-25(34)5)26-10-7-6-8-11-26;1-22(2,3)20-16-23-21(18-12-8-5-9-13-18)15-19(20)14-17-10-6-4-7-11-17;/h6-12,14-17,19-22H,18H2,1-5H3;5,8-9,12,15-17H,4,6-7,10-11,14H2,1-3H3;/q2*-1;. The molecule has 7 heteroatoms. The molecule has 0 spiro atoms. The number of aryl methyl sites for hydroxylation is 3. The average Bonchev–Trinajstić information content (AvgIpc) is 3.84. The van der Waals surface area contributed by atoms with E-state index in [-0.39, 0.29) is 20.1 Å². The maximum atomic E-state index is 6.51. The molecule has 1 aliphatic carbocycles. The first-order valence-electron chi connectivity index (χ1n) is 23.3. The van der Waals surface area contributed by atoms with Gasteiger partial charge in [0.15, 0.2) is 0 Å². The van der Waals surface area contributed by atoms with E-state index in [2.05, 4.69) is 172 Å². The third kappa shape index (κ3) is 10.0. The molecule has 65 heavy (non-hydrogen) atoms. The van der Waals surface area contributed by atoms with Crippen molar-refractivity contribution < 1.29 is 24.5 Å². The van der Waals surface area contributed by atoms with Crippen molar-refractivity contribution in [2.24, 2.45) is 11.8 Å². The van der Waals surface area contributed by atoms with E-state index in [9.17, 15) is 0 Å². The Labute approximate surface area is 401 Å². The minimum atomic E-state index is -1.89. The minimum Gasteiger partial charge on any atom is 0 e. The van der Waals surface area contributed by atoms with E-state index < -0.39 is 13.3 Å². The zero-order valence-electron chi connectivity index (χ0n) is 39.2. The van der Waals surface area contributed by atoms with Crippen LogP contribution in [-0.4, -0.2) is 32.8 Å². The van der Waals surface area contributed by atoms with Crippen LogP contribution in [0.3, 0.4) is 0 Å². The van der Waals surface area contributed by atoms with E-state index in [1.165, 1.54) is 66.3 Å². The van der Waals surface area contributed by atoms with Gasteiger partial charge in [0.1, 0.15) is 0 Å². The van der Waals surface area contributed by atoms with Crippen molar-refractivity contribution in [3.8, 4) is 39.5 Å². The molecule has 0 bridgehead atoms. The topological polar surface area (TPSA) is 56.7 Å². The molecule has 333 valence electrons. The molecule has 0 aliphatic heterocycles. The van der Waals surface area contributed by atoms with Crippen molar-refractivity contribution in [1.82, 2.24) is 19.5 Å². The van der Waals surface area contributed by atoms with Crippen molar-refractivity contribution in [3.05, 3.63) is 162 Å². The van der Waals surface area contributed by atoms with Gasteiger partial charge in [0.05, 0.1) is 22.4 Å². The van der Waals surface area contributed by atoms with E-state index >= 15 is 0 Å². The van der Waals surface area contributed by atoms with Crippen LogP contribution in [-0.2, 0) is 32.9 Å². The number of furan rings is 1. The van der Waals surface area contributed by atoms with E-state index in [1.807, 2.05) is 18.2 Å². The molecule has 0 unspecified atom stereocenters. The Hall–Kier alpha value is -5.14. The quantitative estimate of drug-likeness (QED) is 0.107. The van der Waals surface area contributed by atoms with Crippen LogP contribution in [0.2, 0.25) is 17.3 Å². The van der Waals surface area contributed by atoms with E-state index in [0.717, 1.165) is 73.8 Å². The predicted octanol–water partition coefficient (Wildman–Crippen LogP) is 14.8. The summed E-state index contributed by atoms with van der Waals surface area (Å²) in [4.78, 5) is 14.9. The van der Waals surface area contributed by atoms with Gasteiger partial charge in [0, 0.05) is 36.9 Å². The number of fused-ring (bicyclic) bond motifs is 4. The summed E-state index contributed by atoms with van der Waals surface area (Å²) < 4.78 is 10.4. The fourth-order valence-electron chi connectivity index (χ4n) is 9.79. The molecule has 4 heterocycles. The Morgan fingerprint density at radius 2 is 1.51 bits per heavy atom. The van der Waals surface area contributed by atoms with Crippen LogP contribution < -0.4 is 4.40 Å². The maximum Gasteiger partial charge on any atom is 0 e. The van der Waals surface area contributed by atoms with Gasteiger partial charge < -0.3 is 8.98 Å². The summed E-state index contributed by atoms with van der Waals surface area (Å²) in [6.45, 7) is 10.9. The number of aromatic nitrogens is 4. The van der Waals surface area contributed by atoms with Gasteiger partial charge in [-0.2, -0.15) is 0 Å². The van der Waals surface area contributed by atoms with Crippen molar-refractivity contribution in [1.29, 1.82) is 0 Å². The molecular formula is C58H60GeIrN4O-2. The van der Waals surface area contributed by atoms with Crippen LogP contribution in [0.1, 0.15) is 73.9 Å². The molecule has 1 radical (unpaired) electrons. The van der Waals surface area contributed by atoms with E-state index in [1.54, 1.807) is 9.96 Å². The zero-order valence-corrected chi connectivity index (χ0v) is 43.7. The Morgan fingerprint density at radius 1 is 0.754 bits per heavy atom. The van der Waals surface area contributed by atoms with Crippen LogP contribution in [0.25, 0.3) is 72.6 Å². The van der Waals surface area contributed by atoms with Gasteiger partial charge >= 0.3 is 144 Å². The largest absolute Gasteiger partial charge is 0 e. The summed E-state index contributed by atoms with van der Waals surface area (Å²) >= 11 is -1.89. The van der Waals surface area contributed by atoms with Crippen molar-refractivity contribution >= 4 is 50.8 Å². The number of pyridine rings is 2. The second-order valence-electron chi connectivity index (χ2n) is 19.5. The summed E-state index contributed by atoms with van der Waals surface area (Å²) in [6.07, 6.45) is 11.4. The summed E-state index contributed by atoms with van der Waals surface area (Å²) in [7, 11) is 0. The Kier molecular flexibility index (Phi) is 14.1. The second kappa shape index (κ2) is 19.8. The molecule has 0 saturated heterocycles. The second-order valence-corrected chi connectivity index (χ2v) is 30.1. The molecule has 5 nitrogen and oxygen atoms in total. The first-order valence-corrected chi connectivity index (χ1v) is 30.6. The molecule has 5 aromatic carbocycles. The predicted molar refractivity (Wildman–Crippen MR) is 270 cm³/mol. The Balaban J connectivity index is 0.000000204. The van der Waals surface area contributed by atoms with Gasteiger partial charge in [-0.1, -0.05) is 61.2 Å². The van der Waals surface area contributed by atoms with Crippen molar-refractivity contribution in [3.63, 3.8) is 0 Å². The van der Waals surface area contributed by atoms with Crippen LogP contribution >= 0.6 is 0 Å². The first-order chi connectivity index (χ1) is 30.9. The van der Waals surface area contributed by atoms with Crippen molar-refractivity contribution in [2.75, 3.05) is 0 Å². The van der Waals surface area contributed by atoms with Crippen molar-refractivity contribution in [2.45, 2.75) is 96.8 Å². The molecule has 0 N–H and O–H groups in total. The molecule has 4 aromatic heterocycles. The van der Waals surface area contributed by atoms with Gasteiger partial charge in [0.25, 0.3) is 0 Å². The molecule has 1 saturated carbocycles. The molecule has 10 rings (SSSR count). The zero-order chi connectivity index (χ0) is 44.5. The third-order valence-corrected chi connectivity index (χ3v) is 17.2. The summed E-state index contributed by atoms with van der Waals surface area (Å²) in [5.41, 5.74) is 16.2. The molecule has 1 aliphatic rings. The number of imidazole rings is 1. The molecule has 9 aromatic rings. The average molecular weight is 1090 g/mol. The number of rotatable bonds is 9. The smallest absolute Gasteiger partial charge is 0 e. The van der Waals surface area contributed by atoms with Crippen LogP contribution in [0.5, 0.6) is 0 Å². The van der Waals surface area contributed by atoms with Gasteiger partial charge in [-0.3, -0.25) is 4.98 Å². The summed E-state index contributed by atoms with van der Waals surface area (Å²) in [5.74, 6) is 9.66. The van der Waals surface area contributed by atoms with Gasteiger partial charge in [-0.05, 0) is 97.3 Å². The van der Waals surface area contributed by atoms with Crippen LogP contribution in [0.15, 0.2) is 126 Å².